The van der Waals surface area contributed by atoms with Crippen molar-refractivity contribution >= 4 is 48.9 Å². The maximum atomic E-state index is 13.0. The lowest BCUT2D eigenvalue weighted by atomic mass is 10.2. The topological polar surface area (TPSA) is 122 Å². The summed E-state index contributed by atoms with van der Waals surface area (Å²) in [5, 5.41) is 2.66. The molecule has 0 atom stereocenters. The zero-order valence-electron chi connectivity index (χ0n) is 19.3. The van der Waals surface area contributed by atoms with Gasteiger partial charge >= 0.3 is 0 Å². The van der Waals surface area contributed by atoms with E-state index in [1.54, 1.807) is 25.1 Å². The van der Waals surface area contributed by atoms with Crippen molar-refractivity contribution in [3.05, 3.63) is 82.9 Å². The largest absolute Gasteiger partial charge is 0.379 e. The van der Waals surface area contributed by atoms with E-state index in [0.717, 1.165) is 5.56 Å². The first-order chi connectivity index (χ1) is 17.1. The number of aryl methyl sites for hydroxylation is 1. The molecule has 0 spiro atoms. The lowest BCUT2D eigenvalue weighted by Gasteiger charge is -2.26. The van der Waals surface area contributed by atoms with Gasteiger partial charge < -0.3 is 10.1 Å². The molecule has 1 aliphatic rings. The molecule has 0 bridgehead atoms. The van der Waals surface area contributed by atoms with Gasteiger partial charge in [-0.15, -0.1) is 0 Å². The SMILES string of the molecule is Cc1ccccc1NS(=O)(=O)c1ccc(NC(=O)c2ccc(Cl)c(S(=O)(=O)N3CCOCC3)c2)cc1. The molecular formula is C24H24ClN3O6S2. The average Bonchev–Trinajstić information content (AvgIpc) is 2.86. The number of anilines is 2. The smallest absolute Gasteiger partial charge is 0.261 e. The maximum absolute atomic E-state index is 13.0. The van der Waals surface area contributed by atoms with Gasteiger partial charge in [-0.1, -0.05) is 29.8 Å². The Balaban J connectivity index is 1.50. The number of rotatable bonds is 7. The zero-order chi connectivity index (χ0) is 25.9. The molecule has 1 fully saturated rings. The number of morpholine rings is 1. The average molecular weight is 550 g/mol. The Morgan fingerprint density at radius 2 is 1.61 bits per heavy atom. The number of benzene rings is 3. The molecule has 1 saturated heterocycles. The van der Waals surface area contributed by atoms with Crippen LogP contribution in [0.15, 0.2) is 76.5 Å². The van der Waals surface area contributed by atoms with Gasteiger partial charge in [-0.2, -0.15) is 4.31 Å². The number of nitrogens with one attached hydrogen (secondary N) is 2. The minimum absolute atomic E-state index is 0.00811. The third kappa shape index (κ3) is 5.71. The van der Waals surface area contributed by atoms with Crippen molar-refractivity contribution in [3.63, 3.8) is 0 Å². The van der Waals surface area contributed by atoms with E-state index in [9.17, 15) is 21.6 Å². The number of nitrogens with zero attached hydrogens (tertiary/aromatic N) is 1. The van der Waals surface area contributed by atoms with E-state index in [2.05, 4.69) is 10.0 Å². The molecule has 1 heterocycles. The van der Waals surface area contributed by atoms with Crippen LogP contribution in [0.25, 0.3) is 0 Å². The van der Waals surface area contributed by atoms with Crippen LogP contribution in [0.5, 0.6) is 0 Å². The van der Waals surface area contributed by atoms with E-state index in [1.807, 2.05) is 6.07 Å². The fraction of sp³-hybridized carbons (Fsp3) is 0.208. The van der Waals surface area contributed by atoms with Crippen LogP contribution in [-0.4, -0.2) is 53.4 Å². The summed E-state index contributed by atoms with van der Waals surface area (Å²) in [6.45, 7) is 2.75. The lowest BCUT2D eigenvalue weighted by Crippen LogP contribution is -2.40. The Labute approximate surface area is 215 Å². The lowest BCUT2D eigenvalue weighted by molar-refractivity contribution is 0.0730. The summed E-state index contributed by atoms with van der Waals surface area (Å²) in [6.07, 6.45) is 0. The molecule has 9 nitrogen and oxygen atoms in total. The highest BCUT2D eigenvalue weighted by molar-refractivity contribution is 7.92. The summed E-state index contributed by atoms with van der Waals surface area (Å²) in [4.78, 5) is 12.7. The highest BCUT2D eigenvalue weighted by Gasteiger charge is 2.29. The molecule has 0 aliphatic carbocycles. The summed E-state index contributed by atoms with van der Waals surface area (Å²) < 4.78 is 60.5. The van der Waals surface area contributed by atoms with Gasteiger partial charge in [-0.05, 0) is 61.0 Å². The first-order valence-corrected chi connectivity index (χ1v) is 14.3. The number of ether oxygens (including phenoxy) is 1. The third-order valence-electron chi connectivity index (χ3n) is 5.59. The molecular weight excluding hydrogens is 526 g/mol. The van der Waals surface area contributed by atoms with Crippen molar-refractivity contribution in [1.29, 1.82) is 0 Å². The molecule has 4 rings (SSSR count). The summed E-state index contributed by atoms with van der Waals surface area (Å²) in [5.41, 5.74) is 1.68. The molecule has 0 unspecified atom stereocenters. The number of halogens is 1. The number of sulfonamides is 2. The van der Waals surface area contributed by atoms with E-state index >= 15 is 0 Å². The third-order valence-corrected chi connectivity index (χ3v) is 9.35. The molecule has 1 aliphatic heterocycles. The molecule has 3 aromatic rings. The summed E-state index contributed by atoms with van der Waals surface area (Å²) in [7, 11) is -7.73. The standard InChI is InChI=1S/C24H24ClN3O6S2/c1-17-4-2-3-5-22(17)27-35(30,31)20-9-7-19(8-10-20)26-24(29)18-6-11-21(25)23(16-18)36(32,33)28-12-14-34-15-13-28/h2-11,16,27H,12-15H2,1H3,(H,26,29). The van der Waals surface area contributed by atoms with Crippen molar-refractivity contribution in [2.45, 2.75) is 16.7 Å². The van der Waals surface area contributed by atoms with Crippen molar-refractivity contribution in [3.8, 4) is 0 Å². The van der Waals surface area contributed by atoms with Gasteiger partial charge in [0.05, 0.1) is 28.8 Å². The van der Waals surface area contributed by atoms with Crippen LogP contribution >= 0.6 is 11.6 Å². The highest BCUT2D eigenvalue weighted by atomic mass is 35.5. The molecule has 0 radical (unpaired) electrons. The highest BCUT2D eigenvalue weighted by Crippen LogP contribution is 2.27. The zero-order valence-corrected chi connectivity index (χ0v) is 21.7. The first-order valence-electron chi connectivity index (χ1n) is 11.0. The van der Waals surface area contributed by atoms with Crippen LogP contribution in [0.3, 0.4) is 0 Å². The second-order valence-corrected chi connectivity index (χ2v) is 12.1. The molecule has 3 aromatic carbocycles. The first kappa shape index (κ1) is 26.1. The van der Waals surface area contributed by atoms with Gasteiger partial charge in [0.2, 0.25) is 10.0 Å². The minimum Gasteiger partial charge on any atom is -0.379 e. The second kappa shape index (κ2) is 10.6. The fourth-order valence-corrected chi connectivity index (χ4v) is 6.62. The number of para-hydroxylation sites is 1. The Morgan fingerprint density at radius 1 is 0.944 bits per heavy atom. The molecule has 190 valence electrons. The second-order valence-electron chi connectivity index (χ2n) is 8.06. The van der Waals surface area contributed by atoms with Crippen molar-refractivity contribution in [2.75, 3.05) is 36.3 Å². The normalized spacial score (nSPS) is 14.8. The Hall–Kier alpha value is -2.96. The number of amides is 1. The van der Waals surface area contributed by atoms with E-state index in [4.69, 9.17) is 16.3 Å². The van der Waals surface area contributed by atoms with Crippen LogP contribution in [0, 0.1) is 6.92 Å². The van der Waals surface area contributed by atoms with E-state index in [0.29, 0.717) is 11.4 Å². The molecule has 36 heavy (non-hydrogen) atoms. The van der Waals surface area contributed by atoms with Gasteiger partial charge in [0.15, 0.2) is 0 Å². The summed E-state index contributed by atoms with van der Waals surface area (Å²) >= 11 is 6.16. The van der Waals surface area contributed by atoms with Crippen LogP contribution < -0.4 is 10.0 Å². The van der Waals surface area contributed by atoms with Crippen molar-refractivity contribution in [2.24, 2.45) is 0 Å². The Morgan fingerprint density at radius 3 is 2.28 bits per heavy atom. The molecule has 12 heteroatoms. The number of carbonyl (C=O) groups is 1. The predicted molar refractivity (Wildman–Crippen MR) is 137 cm³/mol. The minimum atomic E-state index is -3.90. The van der Waals surface area contributed by atoms with Gasteiger partial charge in [0.25, 0.3) is 15.9 Å². The molecule has 2 N–H and O–H groups in total. The van der Waals surface area contributed by atoms with E-state index < -0.39 is 26.0 Å². The van der Waals surface area contributed by atoms with Crippen LogP contribution in [0.1, 0.15) is 15.9 Å². The summed E-state index contributed by atoms with van der Waals surface area (Å²) in [5.74, 6) is -0.571. The number of hydrogen-bond acceptors (Lipinski definition) is 6. The quantitative estimate of drug-likeness (QED) is 0.463. The van der Waals surface area contributed by atoms with Gasteiger partial charge in [-0.25, -0.2) is 16.8 Å². The van der Waals surface area contributed by atoms with E-state index in [1.165, 1.54) is 46.8 Å². The van der Waals surface area contributed by atoms with Gasteiger partial charge in [0, 0.05) is 24.3 Å². The molecule has 0 saturated carbocycles. The van der Waals surface area contributed by atoms with Crippen molar-refractivity contribution < 1.29 is 26.4 Å². The van der Waals surface area contributed by atoms with Crippen molar-refractivity contribution in [1.82, 2.24) is 4.31 Å². The summed E-state index contributed by atoms with van der Waals surface area (Å²) in [6, 6.07) is 16.6. The predicted octanol–water partition coefficient (Wildman–Crippen LogP) is 3.72. The molecule has 0 aromatic heterocycles. The Kier molecular flexibility index (Phi) is 7.67. The van der Waals surface area contributed by atoms with Crippen LogP contribution in [0.4, 0.5) is 11.4 Å². The Bertz CT molecular complexity index is 1490. The number of hydrogen-bond donors (Lipinski definition) is 2. The maximum Gasteiger partial charge on any atom is 0.261 e. The van der Waals surface area contributed by atoms with Gasteiger partial charge in [0.1, 0.15) is 4.90 Å². The fourth-order valence-electron chi connectivity index (χ4n) is 3.58. The van der Waals surface area contributed by atoms with Crippen LogP contribution in [-0.2, 0) is 24.8 Å². The number of carbonyl (C=O) groups excluding carboxylic acids is 1. The van der Waals surface area contributed by atoms with Gasteiger partial charge in [-0.3, -0.25) is 9.52 Å². The molecule has 1 amide bonds. The van der Waals surface area contributed by atoms with Crippen LogP contribution in [0.2, 0.25) is 5.02 Å². The monoisotopic (exact) mass is 549 g/mol. The van der Waals surface area contributed by atoms with E-state index in [-0.39, 0.29) is 46.7 Å².